The van der Waals surface area contributed by atoms with Crippen molar-refractivity contribution in [3.8, 4) is 0 Å². The van der Waals surface area contributed by atoms with Crippen LogP contribution in [0.4, 0.5) is 0 Å². The summed E-state index contributed by atoms with van der Waals surface area (Å²) in [7, 11) is 0. The molecule has 1 aliphatic rings. The molecule has 1 aliphatic heterocycles. The molecule has 0 bridgehead atoms. The molecule has 3 heteroatoms. The third-order valence-electron chi connectivity index (χ3n) is 2.65. The summed E-state index contributed by atoms with van der Waals surface area (Å²) >= 11 is 0. The molecule has 0 amide bonds. The van der Waals surface area contributed by atoms with Crippen LogP contribution in [0, 0.1) is 5.41 Å². The summed E-state index contributed by atoms with van der Waals surface area (Å²) in [6, 6.07) is 0. The summed E-state index contributed by atoms with van der Waals surface area (Å²) < 4.78 is 11.0. The Morgan fingerprint density at radius 1 is 1.12 bits per heavy atom. The molecule has 0 aliphatic carbocycles. The Morgan fingerprint density at radius 3 is 2.44 bits per heavy atom. The van der Waals surface area contributed by atoms with Crippen LogP contribution in [0.15, 0.2) is 0 Å². The molecule has 0 radical (unpaired) electrons. The first kappa shape index (κ1) is 13.9. The quantitative estimate of drug-likeness (QED) is 0.652. The average molecular weight is 229 g/mol. The van der Waals surface area contributed by atoms with E-state index < -0.39 is 0 Å². The largest absolute Gasteiger partial charge is 0.381 e. The van der Waals surface area contributed by atoms with Crippen molar-refractivity contribution in [3.63, 3.8) is 0 Å². The van der Waals surface area contributed by atoms with Crippen LogP contribution in [-0.2, 0) is 9.47 Å². The van der Waals surface area contributed by atoms with Crippen molar-refractivity contribution in [3.05, 3.63) is 0 Å². The lowest BCUT2D eigenvalue weighted by Gasteiger charge is -2.26. The van der Waals surface area contributed by atoms with Crippen molar-refractivity contribution >= 4 is 0 Å². The molecule has 3 nitrogen and oxygen atoms in total. The number of morpholine rings is 1. The van der Waals surface area contributed by atoms with Gasteiger partial charge in [-0.3, -0.25) is 4.90 Å². The Hall–Kier alpha value is -0.120. The van der Waals surface area contributed by atoms with Crippen molar-refractivity contribution in [2.45, 2.75) is 33.6 Å². The highest BCUT2D eigenvalue weighted by Crippen LogP contribution is 2.13. The molecule has 0 N–H and O–H groups in total. The highest BCUT2D eigenvalue weighted by Gasteiger charge is 2.10. The second-order valence-electron chi connectivity index (χ2n) is 5.77. The summed E-state index contributed by atoms with van der Waals surface area (Å²) in [6.07, 6.45) is 2.41. The van der Waals surface area contributed by atoms with E-state index >= 15 is 0 Å². The van der Waals surface area contributed by atoms with E-state index in [1.54, 1.807) is 0 Å². The van der Waals surface area contributed by atoms with Gasteiger partial charge in [0.25, 0.3) is 0 Å². The van der Waals surface area contributed by atoms with Crippen LogP contribution in [-0.4, -0.2) is 51.0 Å². The van der Waals surface area contributed by atoms with Crippen molar-refractivity contribution < 1.29 is 9.47 Å². The van der Waals surface area contributed by atoms with E-state index in [1.165, 1.54) is 19.4 Å². The van der Waals surface area contributed by atoms with Crippen LogP contribution in [0.5, 0.6) is 0 Å². The van der Waals surface area contributed by atoms with Crippen LogP contribution in [0.2, 0.25) is 0 Å². The Bertz CT molecular complexity index is 171. The molecule has 0 atom stereocenters. The molecule has 1 rings (SSSR count). The Morgan fingerprint density at radius 2 is 1.81 bits per heavy atom. The van der Waals surface area contributed by atoms with Gasteiger partial charge in [0.1, 0.15) is 0 Å². The summed E-state index contributed by atoms with van der Waals surface area (Å²) in [5, 5.41) is 0. The molecule has 1 saturated heterocycles. The maximum absolute atomic E-state index is 5.64. The number of unbranched alkanes of at least 4 members (excludes halogenated alkanes) is 1. The minimum atomic E-state index is 0.296. The first-order valence-electron chi connectivity index (χ1n) is 6.46. The lowest BCUT2D eigenvalue weighted by atomic mass is 9.99. The van der Waals surface area contributed by atoms with E-state index in [2.05, 4.69) is 25.7 Å². The topological polar surface area (TPSA) is 21.7 Å². The highest BCUT2D eigenvalue weighted by molar-refractivity contribution is 4.62. The minimum Gasteiger partial charge on any atom is -0.381 e. The van der Waals surface area contributed by atoms with Crippen LogP contribution in [0.3, 0.4) is 0 Å². The number of hydrogen-bond donors (Lipinski definition) is 0. The minimum absolute atomic E-state index is 0.296. The van der Waals surface area contributed by atoms with Crippen LogP contribution in [0.25, 0.3) is 0 Å². The summed E-state index contributed by atoms with van der Waals surface area (Å²) in [6.45, 7) is 13.6. The zero-order valence-electron chi connectivity index (χ0n) is 11.1. The van der Waals surface area contributed by atoms with Gasteiger partial charge in [0, 0.05) is 19.7 Å². The molecule has 0 spiro atoms. The standard InChI is InChI=1S/C13H27NO2/c1-13(2,3)12-16-9-5-4-6-14-7-10-15-11-8-14/h4-12H2,1-3H3. The van der Waals surface area contributed by atoms with Gasteiger partial charge in [-0.2, -0.15) is 0 Å². The first-order valence-corrected chi connectivity index (χ1v) is 6.46. The molecule has 0 aromatic carbocycles. The molecular weight excluding hydrogens is 202 g/mol. The van der Waals surface area contributed by atoms with E-state index in [-0.39, 0.29) is 0 Å². The maximum atomic E-state index is 5.64. The fourth-order valence-electron chi connectivity index (χ4n) is 1.74. The lowest BCUT2D eigenvalue weighted by Crippen LogP contribution is -2.36. The summed E-state index contributed by atoms with van der Waals surface area (Å²) in [4.78, 5) is 2.48. The molecule has 0 aromatic rings. The van der Waals surface area contributed by atoms with Crippen LogP contribution >= 0.6 is 0 Å². The van der Waals surface area contributed by atoms with Gasteiger partial charge in [0.05, 0.1) is 19.8 Å². The first-order chi connectivity index (χ1) is 7.58. The Kier molecular flexibility index (Phi) is 6.32. The SMILES string of the molecule is CC(C)(C)COCCCCN1CCOCC1. The fourth-order valence-corrected chi connectivity index (χ4v) is 1.74. The molecule has 0 saturated carbocycles. The molecule has 16 heavy (non-hydrogen) atoms. The van der Waals surface area contributed by atoms with E-state index in [1.807, 2.05) is 0 Å². The average Bonchev–Trinajstić information content (AvgIpc) is 2.23. The predicted octanol–water partition coefficient (Wildman–Crippen LogP) is 2.16. The van der Waals surface area contributed by atoms with Gasteiger partial charge in [0.2, 0.25) is 0 Å². The maximum Gasteiger partial charge on any atom is 0.0594 e. The molecule has 0 aromatic heterocycles. The second kappa shape index (κ2) is 7.25. The predicted molar refractivity (Wildman–Crippen MR) is 66.8 cm³/mol. The van der Waals surface area contributed by atoms with Gasteiger partial charge in [-0.05, 0) is 24.8 Å². The van der Waals surface area contributed by atoms with Gasteiger partial charge in [-0.1, -0.05) is 20.8 Å². The molecule has 0 unspecified atom stereocenters. The summed E-state index contributed by atoms with van der Waals surface area (Å²) in [5.41, 5.74) is 0.296. The van der Waals surface area contributed by atoms with Gasteiger partial charge in [-0.15, -0.1) is 0 Å². The Balaban J connectivity index is 1.87. The number of hydrogen-bond acceptors (Lipinski definition) is 3. The third-order valence-corrected chi connectivity index (χ3v) is 2.65. The van der Waals surface area contributed by atoms with Gasteiger partial charge in [0.15, 0.2) is 0 Å². The molecule has 1 fully saturated rings. The number of ether oxygens (including phenoxy) is 2. The molecule has 1 heterocycles. The van der Waals surface area contributed by atoms with E-state index in [0.29, 0.717) is 5.41 Å². The van der Waals surface area contributed by atoms with Crippen molar-refractivity contribution in [1.29, 1.82) is 0 Å². The molecule has 96 valence electrons. The lowest BCUT2D eigenvalue weighted by molar-refractivity contribution is 0.0336. The van der Waals surface area contributed by atoms with Crippen LogP contribution < -0.4 is 0 Å². The fraction of sp³-hybridized carbons (Fsp3) is 1.00. The highest BCUT2D eigenvalue weighted by atomic mass is 16.5. The normalized spacial score (nSPS) is 18.9. The van der Waals surface area contributed by atoms with E-state index in [0.717, 1.165) is 39.5 Å². The van der Waals surface area contributed by atoms with Crippen LogP contribution in [0.1, 0.15) is 33.6 Å². The monoisotopic (exact) mass is 229 g/mol. The van der Waals surface area contributed by atoms with Gasteiger partial charge >= 0.3 is 0 Å². The Labute approximate surface area is 100 Å². The molecular formula is C13H27NO2. The number of rotatable bonds is 6. The smallest absolute Gasteiger partial charge is 0.0594 e. The van der Waals surface area contributed by atoms with E-state index in [4.69, 9.17) is 9.47 Å². The summed E-state index contributed by atoms with van der Waals surface area (Å²) in [5.74, 6) is 0. The van der Waals surface area contributed by atoms with E-state index in [9.17, 15) is 0 Å². The van der Waals surface area contributed by atoms with Crippen molar-refractivity contribution in [2.24, 2.45) is 5.41 Å². The zero-order valence-corrected chi connectivity index (χ0v) is 11.1. The van der Waals surface area contributed by atoms with Gasteiger partial charge in [-0.25, -0.2) is 0 Å². The van der Waals surface area contributed by atoms with Gasteiger partial charge < -0.3 is 9.47 Å². The zero-order chi connectivity index (χ0) is 11.9. The third kappa shape index (κ3) is 7.20. The van der Waals surface area contributed by atoms with Crippen molar-refractivity contribution in [2.75, 3.05) is 46.1 Å². The number of nitrogens with zero attached hydrogens (tertiary/aromatic N) is 1. The second-order valence-corrected chi connectivity index (χ2v) is 5.77. The van der Waals surface area contributed by atoms with Crippen molar-refractivity contribution in [1.82, 2.24) is 4.90 Å².